The molecule has 108 valence electrons. The molecule has 1 saturated heterocycles. The summed E-state index contributed by atoms with van der Waals surface area (Å²) >= 11 is 0. The fourth-order valence-corrected chi connectivity index (χ4v) is 2.75. The maximum atomic E-state index is 5.40. The summed E-state index contributed by atoms with van der Waals surface area (Å²) in [4.78, 5) is 5.79. The van der Waals surface area contributed by atoms with E-state index in [-0.39, 0.29) is 0 Å². The zero-order valence-corrected chi connectivity index (χ0v) is 12.0. The fraction of sp³-hybridized carbons (Fsp3) is 0.467. The number of aromatic amines is 1. The summed E-state index contributed by atoms with van der Waals surface area (Å²) in [6.45, 7) is 5.30. The van der Waals surface area contributed by atoms with E-state index in [1.165, 1.54) is 10.9 Å². The number of hydrogen-bond acceptors (Lipinski definition) is 4. The average Bonchev–Trinajstić information content (AvgIpc) is 2.89. The van der Waals surface area contributed by atoms with Gasteiger partial charge in [0, 0.05) is 55.9 Å². The van der Waals surface area contributed by atoms with Gasteiger partial charge in [0.15, 0.2) is 11.5 Å². The van der Waals surface area contributed by atoms with Crippen molar-refractivity contribution in [1.29, 1.82) is 0 Å². The van der Waals surface area contributed by atoms with Crippen LogP contribution in [0.1, 0.15) is 5.56 Å². The molecule has 0 radical (unpaired) electrons. The molecule has 2 aromatic rings. The predicted octanol–water partition coefficient (Wildman–Crippen LogP) is 1.59. The summed E-state index contributed by atoms with van der Waals surface area (Å²) in [5.41, 5.74) is 2.40. The molecule has 5 heteroatoms. The van der Waals surface area contributed by atoms with Crippen LogP contribution in [0.3, 0.4) is 0 Å². The van der Waals surface area contributed by atoms with Crippen molar-refractivity contribution in [3.8, 4) is 11.5 Å². The molecule has 1 aliphatic heterocycles. The van der Waals surface area contributed by atoms with Gasteiger partial charge >= 0.3 is 0 Å². The van der Waals surface area contributed by atoms with Crippen LogP contribution in [-0.2, 0) is 6.54 Å². The first-order valence-corrected chi connectivity index (χ1v) is 6.97. The molecule has 1 aromatic heterocycles. The fourth-order valence-electron chi connectivity index (χ4n) is 2.75. The summed E-state index contributed by atoms with van der Waals surface area (Å²) in [5.74, 6) is 1.54. The first-order chi connectivity index (χ1) is 9.81. The molecule has 0 saturated carbocycles. The first kappa shape index (κ1) is 13.3. The Morgan fingerprint density at radius 2 is 1.80 bits per heavy atom. The minimum atomic E-state index is 0.760. The lowest BCUT2D eigenvalue weighted by molar-refractivity contribution is 0.234. The minimum absolute atomic E-state index is 0.760. The third-order valence-corrected chi connectivity index (χ3v) is 3.88. The van der Waals surface area contributed by atoms with E-state index in [0.717, 1.165) is 49.7 Å². The minimum Gasteiger partial charge on any atom is -0.493 e. The van der Waals surface area contributed by atoms with Gasteiger partial charge < -0.3 is 19.8 Å². The van der Waals surface area contributed by atoms with Crippen LogP contribution in [0, 0.1) is 0 Å². The Kier molecular flexibility index (Phi) is 3.80. The van der Waals surface area contributed by atoms with Gasteiger partial charge in [0.25, 0.3) is 0 Å². The van der Waals surface area contributed by atoms with Gasteiger partial charge in [-0.25, -0.2) is 0 Å². The first-order valence-electron chi connectivity index (χ1n) is 6.97. The van der Waals surface area contributed by atoms with E-state index >= 15 is 0 Å². The van der Waals surface area contributed by atoms with Gasteiger partial charge in [-0.2, -0.15) is 0 Å². The molecule has 3 rings (SSSR count). The van der Waals surface area contributed by atoms with E-state index in [2.05, 4.69) is 27.5 Å². The number of aromatic nitrogens is 1. The average molecular weight is 275 g/mol. The molecule has 5 nitrogen and oxygen atoms in total. The van der Waals surface area contributed by atoms with E-state index in [9.17, 15) is 0 Å². The highest BCUT2D eigenvalue weighted by molar-refractivity contribution is 5.86. The molecule has 1 fully saturated rings. The van der Waals surface area contributed by atoms with Gasteiger partial charge in [-0.05, 0) is 11.6 Å². The highest BCUT2D eigenvalue weighted by Crippen LogP contribution is 2.33. The number of fused-ring (bicyclic) bond motifs is 1. The highest BCUT2D eigenvalue weighted by atomic mass is 16.5. The number of rotatable bonds is 4. The van der Waals surface area contributed by atoms with Crippen LogP contribution in [0.25, 0.3) is 10.9 Å². The molecular formula is C15H21N3O2. The van der Waals surface area contributed by atoms with Gasteiger partial charge in [0.05, 0.1) is 14.2 Å². The number of nitrogens with zero attached hydrogens (tertiary/aromatic N) is 1. The molecule has 2 N–H and O–H groups in total. The van der Waals surface area contributed by atoms with Crippen molar-refractivity contribution in [3.05, 3.63) is 23.9 Å². The smallest absolute Gasteiger partial charge is 0.162 e. The highest BCUT2D eigenvalue weighted by Gasteiger charge is 2.14. The van der Waals surface area contributed by atoms with Crippen LogP contribution < -0.4 is 14.8 Å². The van der Waals surface area contributed by atoms with Crippen molar-refractivity contribution in [2.45, 2.75) is 6.54 Å². The lowest BCUT2D eigenvalue weighted by Crippen LogP contribution is -2.42. The Balaban J connectivity index is 1.91. The SMILES string of the molecule is COc1cc2[nH]cc(CN3CCNCC3)c2cc1OC. The largest absolute Gasteiger partial charge is 0.493 e. The van der Waals surface area contributed by atoms with Crippen LogP contribution >= 0.6 is 0 Å². The van der Waals surface area contributed by atoms with Crippen molar-refractivity contribution in [2.24, 2.45) is 0 Å². The molecule has 0 spiro atoms. The number of H-pyrrole nitrogens is 1. The second kappa shape index (κ2) is 5.73. The molecule has 0 aliphatic carbocycles. The van der Waals surface area contributed by atoms with Crippen molar-refractivity contribution < 1.29 is 9.47 Å². The molecule has 2 heterocycles. The van der Waals surface area contributed by atoms with Crippen LogP contribution in [0.15, 0.2) is 18.3 Å². The van der Waals surface area contributed by atoms with E-state index in [0.29, 0.717) is 0 Å². The van der Waals surface area contributed by atoms with Gasteiger partial charge in [-0.3, -0.25) is 4.90 Å². The summed E-state index contributed by atoms with van der Waals surface area (Å²) in [5, 5.41) is 4.59. The maximum Gasteiger partial charge on any atom is 0.162 e. The Morgan fingerprint density at radius 3 is 2.50 bits per heavy atom. The van der Waals surface area contributed by atoms with Crippen LogP contribution in [0.5, 0.6) is 11.5 Å². The molecule has 0 atom stereocenters. The van der Waals surface area contributed by atoms with Crippen LogP contribution in [0.4, 0.5) is 0 Å². The van der Waals surface area contributed by atoms with Crippen molar-refractivity contribution in [2.75, 3.05) is 40.4 Å². The van der Waals surface area contributed by atoms with E-state index in [4.69, 9.17) is 9.47 Å². The second-order valence-electron chi connectivity index (χ2n) is 5.09. The number of methoxy groups -OCH3 is 2. The molecule has 1 aromatic carbocycles. The molecule has 0 amide bonds. The third kappa shape index (κ3) is 2.46. The Labute approximate surface area is 118 Å². The molecule has 20 heavy (non-hydrogen) atoms. The second-order valence-corrected chi connectivity index (χ2v) is 5.09. The summed E-state index contributed by atoms with van der Waals surface area (Å²) in [7, 11) is 3.33. The van der Waals surface area contributed by atoms with Gasteiger partial charge in [0.1, 0.15) is 0 Å². The zero-order valence-electron chi connectivity index (χ0n) is 12.0. The van der Waals surface area contributed by atoms with Gasteiger partial charge in [-0.15, -0.1) is 0 Å². The maximum absolute atomic E-state index is 5.40. The number of ether oxygens (including phenoxy) is 2. The lowest BCUT2D eigenvalue weighted by atomic mass is 10.1. The topological polar surface area (TPSA) is 49.5 Å². The third-order valence-electron chi connectivity index (χ3n) is 3.88. The summed E-state index contributed by atoms with van der Waals surface area (Å²) in [6.07, 6.45) is 2.09. The standard InChI is InChI=1S/C15H21N3O2/c1-19-14-7-12-11(10-18-5-3-16-4-6-18)9-17-13(12)8-15(14)20-2/h7-9,16-17H,3-6,10H2,1-2H3. The molecular weight excluding hydrogens is 254 g/mol. The monoisotopic (exact) mass is 275 g/mol. The normalized spacial score (nSPS) is 16.5. The van der Waals surface area contributed by atoms with Crippen LogP contribution in [-0.4, -0.2) is 50.3 Å². The molecule has 0 unspecified atom stereocenters. The van der Waals surface area contributed by atoms with Crippen molar-refractivity contribution in [1.82, 2.24) is 15.2 Å². The molecule has 1 aliphatic rings. The Hall–Kier alpha value is -1.72. The lowest BCUT2D eigenvalue weighted by Gasteiger charge is -2.26. The Morgan fingerprint density at radius 1 is 1.10 bits per heavy atom. The van der Waals surface area contributed by atoms with Gasteiger partial charge in [-0.1, -0.05) is 0 Å². The number of nitrogens with one attached hydrogen (secondary N) is 2. The quantitative estimate of drug-likeness (QED) is 0.889. The van der Waals surface area contributed by atoms with Crippen molar-refractivity contribution in [3.63, 3.8) is 0 Å². The molecule has 0 bridgehead atoms. The number of piperazine rings is 1. The Bertz CT molecular complexity index is 588. The zero-order chi connectivity index (χ0) is 13.9. The predicted molar refractivity (Wildman–Crippen MR) is 79.5 cm³/mol. The number of hydrogen-bond donors (Lipinski definition) is 2. The number of benzene rings is 1. The summed E-state index contributed by atoms with van der Waals surface area (Å²) < 4.78 is 10.7. The van der Waals surface area contributed by atoms with E-state index in [1.54, 1.807) is 14.2 Å². The van der Waals surface area contributed by atoms with E-state index in [1.807, 2.05) is 6.07 Å². The van der Waals surface area contributed by atoms with Gasteiger partial charge in [0.2, 0.25) is 0 Å². The van der Waals surface area contributed by atoms with Crippen molar-refractivity contribution >= 4 is 10.9 Å². The van der Waals surface area contributed by atoms with E-state index < -0.39 is 0 Å². The summed E-state index contributed by atoms with van der Waals surface area (Å²) in [6, 6.07) is 4.05. The van der Waals surface area contributed by atoms with Crippen LogP contribution in [0.2, 0.25) is 0 Å².